The summed E-state index contributed by atoms with van der Waals surface area (Å²) in [6.45, 7) is 0. The van der Waals surface area contributed by atoms with E-state index in [4.69, 9.17) is 16.7 Å². The summed E-state index contributed by atoms with van der Waals surface area (Å²) in [5.74, 6) is -2.44. The minimum atomic E-state index is -1.15. The molecule has 1 amide bonds. The van der Waals surface area contributed by atoms with E-state index >= 15 is 0 Å². The molecule has 7 heteroatoms. The summed E-state index contributed by atoms with van der Waals surface area (Å²) in [5, 5.41) is 11.5. The van der Waals surface area contributed by atoms with Crippen molar-refractivity contribution in [1.29, 1.82) is 0 Å². The quantitative estimate of drug-likeness (QED) is 0.912. The third-order valence-electron chi connectivity index (χ3n) is 2.43. The minimum absolute atomic E-state index is 0.00166. The molecule has 0 spiro atoms. The molecule has 0 bridgehead atoms. The third kappa shape index (κ3) is 3.10. The van der Waals surface area contributed by atoms with E-state index in [0.717, 1.165) is 12.3 Å². The molecular weight excluding hydrogens is 287 g/mol. The zero-order valence-corrected chi connectivity index (χ0v) is 10.7. The van der Waals surface area contributed by atoms with E-state index in [1.807, 2.05) is 0 Å². The Bertz CT molecular complexity index is 691. The number of aromatic nitrogens is 1. The number of nitrogens with zero attached hydrogens (tertiary/aromatic N) is 1. The van der Waals surface area contributed by atoms with Crippen LogP contribution in [0, 0.1) is 5.82 Å². The topological polar surface area (TPSA) is 79.3 Å². The number of amides is 1. The van der Waals surface area contributed by atoms with Crippen LogP contribution in [0.15, 0.2) is 36.7 Å². The summed E-state index contributed by atoms with van der Waals surface area (Å²) < 4.78 is 13.0. The molecule has 0 aliphatic rings. The highest BCUT2D eigenvalue weighted by Crippen LogP contribution is 2.23. The SMILES string of the molecule is O=C(O)c1ccc(Cl)c(NC(=O)c2cncc(F)c2)c1. The number of carboxylic acids is 1. The number of carbonyl (C=O) groups excluding carboxylic acids is 1. The Hall–Kier alpha value is -2.47. The lowest BCUT2D eigenvalue weighted by Crippen LogP contribution is -2.13. The van der Waals surface area contributed by atoms with E-state index < -0.39 is 17.7 Å². The molecule has 0 atom stereocenters. The van der Waals surface area contributed by atoms with Crippen molar-refractivity contribution in [2.24, 2.45) is 0 Å². The van der Waals surface area contributed by atoms with E-state index in [9.17, 15) is 14.0 Å². The fourth-order valence-corrected chi connectivity index (χ4v) is 1.65. The maximum absolute atomic E-state index is 13.0. The van der Waals surface area contributed by atoms with Gasteiger partial charge in [-0.3, -0.25) is 9.78 Å². The maximum Gasteiger partial charge on any atom is 0.335 e. The molecule has 1 aromatic carbocycles. The molecule has 0 saturated heterocycles. The van der Waals surface area contributed by atoms with Crippen LogP contribution in [0.4, 0.5) is 10.1 Å². The van der Waals surface area contributed by atoms with E-state index in [1.54, 1.807) is 0 Å². The fraction of sp³-hybridized carbons (Fsp3) is 0. The van der Waals surface area contributed by atoms with Crippen LogP contribution in [-0.2, 0) is 0 Å². The molecule has 0 unspecified atom stereocenters. The minimum Gasteiger partial charge on any atom is -0.478 e. The first-order chi connectivity index (χ1) is 9.47. The smallest absolute Gasteiger partial charge is 0.335 e. The Labute approximate surface area is 118 Å². The number of benzene rings is 1. The van der Waals surface area contributed by atoms with Crippen molar-refractivity contribution in [2.45, 2.75) is 0 Å². The average molecular weight is 295 g/mol. The van der Waals surface area contributed by atoms with Crippen molar-refractivity contribution in [3.8, 4) is 0 Å². The first-order valence-corrected chi connectivity index (χ1v) is 5.80. The molecule has 0 saturated carbocycles. The first-order valence-electron chi connectivity index (χ1n) is 5.42. The van der Waals surface area contributed by atoms with Gasteiger partial charge in [-0.1, -0.05) is 11.6 Å². The first kappa shape index (κ1) is 14.0. The molecule has 2 aromatic rings. The van der Waals surface area contributed by atoms with E-state index in [0.29, 0.717) is 0 Å². The number of hydrogen-bond donors (Lipinski definition) is 2. The van der Waals surface area contributed by atoms with Crippen molar-refractivity contribution < 1.29 is 19.1 Å². The number of pyridine rings is 1. The van der Waals surface area contributed by atoms with E-state index in [2.05, 4.69) is 10.3 Å². The van der Waals surface area contributed by atoms with Crippen molar-refractivity contribution in [3.05, 3.63) is 58.6 Å². The van der Waals surface area contributed by atoms with E-state index in [-0.39, 0.29) is 21.8 Å². The highest BCUT2D eigenvalue weighted by molar-refractivity contribution is 6.34. The van der Waals surface area contributed by atoms with Gasteiger partial charge in [-0.25, -0.2) is 9.18 Å². The van der Waals surface area contributed by atoms with Gasteiger partial charge in [0.2, 0.25) is 0 Å². The van der Waals surface area contributed by atoms with Crippen molar-refractivity contribution in [3.63, 3.8) is 0 Å². The van der Waals surface area contributed by atoms with Crippen LogP contribution in [0.2, 0.25) is 5.02 Å². The Kier molecular flexibility index (Phi) is 3.95. The Balaban J connectivity index is 2.27. The van der Waals surface area contributed by atoms with Gasteiger partial charge < -0.3 is 10.4 Å². The highest BCUT2D eigenvalue weighted by Gasteiger charge is 2.12. The number of carbonyl (C=O) groups is 2. The average Bonchev–Trinajstić information content (AvgIpc) is 2.41. The fourth-order valence-electron chi connectivity index (χ4n) is 1.48. The van der Waals surface area contributed by atoms with Gasteiger partial charge in [0.25, 0.3) is 5.91 Å². The number of hydrogen-bond acceptors (Lipinski definition) is 3. The largest absolute Gasteiger partial charge is 0.478 e. The molecular formula is C13H8ClFN2O3. The molecule has 2 rings (SSSR count). The number of halogens is 2. The van der Waals surface area contributed by atoms with Crippen LogP contribution in [0.25, 0.3) is 0 Å². The van der Waals surface area contributed by atoms with Gasteiger partial charge in [-0.15, -0.1) is 0 Å². The summed E-state index contributed by atoms with van der Waals surface area (Å²) >= 11 is 5.87. The lowest BCUT2D eigenvalue weighted by atomic mass is 10.2. The number of nitrogens with one attached hydrogen (secondary N) is 1. The number of aromatic carboxylic acids is 1. The predicted octanol–water partition coefficient (Wildman–Crippen LogP) is 2.82. The van der Waals surface area contributed by atoms with Crippen molar-refractivity contribution in [2.75, 3.05) is 5.32 Å². The molecule has 2 N–H and O–H groups in total. The standard InChI is InChI=1S/C13H8ClFN2O3/c14-10-2-1-7(13(19)20)4-11(10)17-12(18)8-3-9(15)6-16-5-8/h1-6H,(H,17,18)(H,19,20). The number of carboxylic acid groups (broad SMARTS) is 1. The zero-order valence-electron chi connectivity index (χ0n) is 9.93. The number of anilines is 1. The van der Waals surface area contributed by atoms with Gasteiger partial charge >= 0.3 is 5.97 Å². The second kappa shape index (κ2) is 5.66. The summed E-state index contributed by atoms with van der Waals surface area (Å²) in [5.41, 5.74) is 0.102. The maximum atomic E-state index is 13.0. The summed E-state index contributed by atoms with van der Waals surface area (Å²) in [7, 11) is 0. The van der Waals surface area contributed by atoms with Crippen molar-refractivity contribution >= 4 is 29.2 Å². The molecule has 0 radical (unpaired) electrons. The molecule has 20 heavy (non-hydrogen) atoms. The highest BCUT2D eigenvalue weighted by atomic mass is 35.5. The van der Waals surface area contributed by atoms with Crippen LogP contribution in [0.1, 0.15) is 20.7 Å². The van der Waals surface area contributed by atoms with Gasteiger partial charge in [0.1, 0.15) is 5.82 Å². The Morgan fingerprint density at radius 1 is 1.20 bits per heavy atom. The second-order valence-electron chi connectivity index (χ2n) is 3.85. The third-order valence-corrected chi connectivity index (χ3v) is 2.76. The summed E-state index contributed by atoms with van der Waals surface area (Å²) in [4.78, 5) is 26.3. The molecule has 5 nitrogen and oxygen atoms in total. The number of rotatable bonds is 3. The summed E-state index contributed by atoms with van der Waals surface area (Å²) in [6, 6.07) is 4.89. The van der Waals surface area contributed by atoms with E-state index in [1.165, 1.54) is 24.4 Å². The van der Waals surface area contributed by atoms with Crippen LogP contribution >= 0.6 is 11.6 Å². The monoisotopic (exact) mass is 294 g/mol. The second-order valence-corrected chi connectivity index (χ2v) is 4.25. The van der Waals surface area contributed by atoms with Crippen LogP contribution in [-0.4, -0.2) is 22.0 Å². The van der Waals surface area contributed by atoms with Gasteiger partial charge in [0.15, 0.2) is 0 Å². The van der Waals surface area contributed by atoms with Crippen molar-refractivity contribution in [1.82, 2.24) is 4.98 Å². The zero-order chi connectivity index (χ0) is 14.7. The van der Waals surface area contributed by atoms with Crippen LogP contribution in [0.5, 0.6) is 0 Å². The predicted molar refractivity (Wildman–Crippen MR) is 70.6 cm³/mol. The summed E-state index contributed by atoms with van der Waals surface area (Å²) in [6.07, 6.45) is 2.15. The van der Waals surface area contributed by atoms with Crippen LogP contribution < -0.4 is 5.32 Å². The Morgan fingerprint density at radius 2 is 1.95 bits per heavy atom. The van der Waals surface area contributed by atoms with Gasteiger partial charge in [-0.05, 0) is 24.3 Å². The van der Waals surface area contributed by atoms with Gasteiger partial charge in [0.05, 0.1) is 28.0 Å². The van der Waals surface area contributed by atoms with Gasteiger partial charge in [-0.2, -0.15) is 0 Å². The molecule has 0 aliphatic heterocycles. The lowest BCUT2D eigenvalue weighted by Gasteiger charge is -2.08. The molecule has 1 aromatic heterocycles. The normalized spacial score (nSPS) is 10.1. The molecule has 1 heterocycles. The molecule has 0 fully saturated rings. The van der Waals surface area contributed by atoms with Crippen LogP contribution in [0.3, 0.4) is 0 Å². The molecule has 0 aliphatic carbocycles. The Morgan fingerprint density at radius 3 is 2.60 bits per heavy atom. The lowest BCUT2D eigenvalue weighted by molar-refractivity contribution is 0.0696. The molecule has 102 valence electrons. The van der Waals surface area contributed by atoms with Gasteiger partial charge in [0, 0.05) is 6.20 Å².